The average molecular weight is 712 g/mol. The van der Waals surface area contributed by atoms with E-state index in [1.165, 1.54) is 90.7 Å². The fraction of sp³-hybridized carbons (Fsp3) is 0.469. The lowest BCUT2D eigenvalue weighted by Crippen LogP contribution is -2.41. The van der Waals surface area contributed by atoms with Gasteiger partial charge in [-0.15, -0.1) is 0 Å². The molecule has 0 N–H and O–H groups in total. The Balaban J connectivity index is 1.37. The minimum absolute atomic E-state index is 0.0332. The van der Waals surface area contributed by atoms with Crippen LogP contribution in [0.25, 0.3) is 0 Å². The molecule has 1 unspecified atom stereocenters. The van der Waals surface area contributed by atoms with Gasteiger partial charge in [0.15, 0.2) is 5.71 Å². The zero-order chi connectivity index (χ0) is 37.4. The molecule has 3 aromatic carbocycles. The molecule has 0 amide bonds. The number of carbonyl (C=O) groups is 1. The van der Waals surface area contributed by atoms with Gasteiger partial charge in [-0.1, -0.05) is 102 Å². The molecule has 53 heavy (non-hydrogen) atoms. The van der Waals surface area contributed by atoms with E-state index in [0.717, 1.165) is 56.6 Å². The van der Waals surface area contributed by atoms with E-state index in [2.05, 4.69) is 118 Å². The second kappa shape index (κ2) is 17.3. The first-order chi connectivity index (χ1) is 25.7. The van der Waals surface area contributed by atoms with E-state index >= 15 is 0 Å². The van der Waals surface area contributed by atoms with Crippen LogP contribution in [0.15, 0.2) is 108 Å². The van der Waals surface area contributed by atoms with E-state index in [1.54, 1.807) is 0 Å². The molecule has 0 fully saturated rings. The van der Waals surface area contributed by atoms with Gasteiger partial charge in [0.25, 0.3) is 0 Å². The second-order valence-electron chi connectivity index (χ2n) is 16.5. The summed E-state index contributed by atoms with van der Waals surface area (Å²) in [5.74, 6) is 1.76. The van der Waals surface area contributed by atoms with Crippen molar-refractivity contribution in [3.63, 3.8) is 0 Å². The Kier molecular flexibility index (Phi) is 12.6. The number of unbranched alkanes of at least 4 members (excludes halogenated alkanes) is 6. The summed E-state index contributed by atoms with van der Waals surface area (Å²) >= 11 is 0. The van der Waals surface area contributed by atoms with Gasteiger partial charge < -0.3 is 9.64 Å². The number of para-hydroxylation sites is 2. The number of allylic oxidation sites excluding steroid dienone is 4. The van der Waals surface area contributed by atoms with Gasteiger partial charge in [0.05, 0.1) is 5.41 Å². The quantitative estimate of drug-likeness (QED) is 0.0794. The maximum Gasteiger partial charge on any atom is 0.209 e. The molecule has 3 aromatic rings. The third-order valence-electron chi connectivity index (χ3n) is 12.1. The molecule has 2 aliphatic heterocycles. The topological polar surface area (TPSA) is 32.5 Å². The zero-order valence-corrected chi connectivity index (χ0v) is 33.4. The summed E-state index contributed by atoms with van der Waals surface area (Å²) in [5, 5.41) is 0. The zero-order valence-electron chi connectivity index (χ0n) is 33.4. The number of anilines is 1. The Morgan fingerprint density at radius 2 is 1.49 bits per heavy atom. The molecule has 0 aromatic heterocycles. The van der Waals surface area contributed by atoms with Crippen LogP contribution in [-0.2, 0) is 10.8 Å². The van der Waals surface area contributed by atoms with Crippen molar-refractivity contribution in [3.8, 4) is 5.75 Å². The number of hydrogen-bond donors (Lipinski definition) is 0. The van der Waals surface area contributed by atoms with Crippen LogP contribution in [0.4, 0.5) is 11.4 Å². The van der Waals surface area contributed by atoms with Gasteiger partial charge in [-0.05, 0) is 105 Å². The first-order valence-electron chi connectivity index (χ1n) is 20.6. The fourth-order valence-corrected chi connectivity index (χ4v) is 9.04. The predicted octanol–water partition coefficient (Wildman–Crippen LogP) is 12.6. The van der Waals surface area contributed by atoms with Crippen molar-refractivity contribution in [2.24, 2.45) is 0 Å². The van der Waals surface area contributed by atoms with Crippen molar-refractivity contribution >= 4 is 23.4 Å². The molecule has 4 nitrogen and oxygen atoms in total. The lowest BCUT2D eigenvalue weighted by Gasteiger charge is -2.34. The standard InChI is InChI=1S/C49H63N2O2/c1-7-9-11-17-34-50-43-24-15-13-22-41(43)48(3,4)45(50)32-28-38-20-19-21-39(47(38)53-40-30-26-37(36-52)27-31-40)29-33-46-49(5,6)42-23-14-16-25-44(42)51(46)35-18-12-10-8-2/h13-16,22-32,36,46H,7-12,17-21,33-35H2,1-6H3/q+1/b32-28+,39-29+. The largest absolute Gasteiger partial charge is 0.457 e. The molecule has 1 aliphatic carbocycles. The summed E-state index contributed by atoms with van der Waals surface area (Å²) in [6.45, 7) is 16.3. The van der Waals surface area contributed by atoms with Crippen LogP contribution in [-0.4, -0.2) is 35.7 Å². The number of carbonyl (C=O) groups excluding carboxylic acids is 1. The molecule has 2 heterocycles. The molecule has 1 atom stereocenters. The predicted molar refractivity (Wildman–Crippen MR) is 223 cm³/mol. The molecule has 4 heteroatoms. The van der Waals surface area contributed by atoms with Crippen molar-refractivity contribution in [1.82, 2.24) is 0 Å². The first-order valence-corrected chi connectivity index (χ1v) is 20.6. The van der Waals surface area contributed by atoms with Crippen molar-refractivity contribution in [2.45, 2.75) is 135 Å². The van der Waals surface area contributed by atoms with E-state index in [4.69, 9.17) is 4.74 Å². The molecule has 0 bridgehead atoms. The summed E-state index contributed by atoms with van der Waals surface area (Å²) in [6, 6.07) is 26.0. The Morgan fingerprint density at radius 1 is 0.792 bits per heavy atom. The van der Waals surface area contributed by atoms with Gasteiger partial charge in [0, 0.05) is 53.4 Å². The van der Waals surface area contributed by atoms with Gasteiger partial charge in [-0.2, -0.15) is 4.58 Å². The number of benzene rings is 3. The highest BCUT2D eigenvalue weighted by atomic mass is 16.5. The molecule has 0 saturated carbocycles. The van der Waals surface area contributed by atoms with Crippen LogP contribution in [0.1, 0.15) is 140 Å². The molecule has 6 rings (SSSR count). The lowest BCUT2D eigenvalue weighted by atomic mass is 9.78. The molecule has 280 valence electrons. The number of nitrogens with zero attached hydrogens (tertiary/aromatic N) is 2. The Morgan fingerprint density at radius 3 is 2.23 bits per heavy atom. The molecule has 0 saturated heterocycles. The van der Waals surface area contributed by atoms with E-state index in [9.17, 15) is 4.79 Å². The number of rotatable bonds is 17. The number of aldehydes is 1. The van der Waals surface area contributed by atoms with Gasteiger partial charge in [0.2, 0.25) is 5.69 Å². The Hall–Kier alpha value is -4.18. The smallest absolute Gasteiger partial charge is 0.209 e. The van der Waals surface area contributed by atoms with Crippen molar-refractivity contribution < 1.29 is 14.1 Å². The van der Waals surface area contributed by atoms with Gasteiger partial charge in [-0.3, -0.25) is 4.79 Å². The van der Waals surface area contributed by atoms with Crippen molar-refractivity contribution in [1.29, 1.82) is 0 Å². The second-order valence-corrected chi connectivity index (χ2v) is 16.5. The highest BCUT2D eigenvalue weighted by molar-refractivity contribution is 6.03. The monoisotopic (exact) mass is 711 g/mol. The normalized spacial score (nSPS) is 19.7. The van der Waals surface area contributed by atoms with Crippen LogP contribution in [0.2, 0.25) is 0 Å². The fourth-order valence-electron chi connectivity index (χ4n) is 9.04. The highest BCUT2D eigenvalue weighted by Gasteiger charge is 2.45. The first kappa shape index (κ1) is 38.5. The summed E-state index contributed by atoms with van der Waals surface area (Å²) in [6.07, 6.45) is 22.2. The third kappa shape index (κ3) is 8.32. The lowest BCUT2D eigenvalue weighted by molar-refractivity contribution is -0.438. The van der Waals surface area contributed by atoms with Crippen LogP contribution in [0.3, 0.4) is 0 Å². The molecule has 0 radical (unpaired) electrons. The van der Waals surface area contributed by atoms with Crippen LogP contribution in [0, 0.1) is 0 Å². The SMILES string of the molecule is CCCCCCN1c2ccccc2C(C)(C)C1C/C=C1\CCCC(/C=C/C2=[N+](CCCCCC)c3ccccc3C2(C)C)=C1Oc1ccc(C=O)cc1. The van der Waals surface area contributed by atoms with E-state index in [1.807, 2.05) is 24.3 Å². The van der Waals surface area contributed by atoms with Gasteiger partial charge in [0.1, 0.15) is 24.3 Å². The van der Waals surface area contributed by atoms with Gasteiger partial charge in [-0.25, -0.2) is 0 Å². The van der Waals surface area contributed by atoms with Crippen LogP contribution in [0.5, 0.6) is 5.75 Å². The Labute approximate surface area is 320 Å². The highest BCUT2D eigenvalue weighted by Crippen LogP contribution is 2.47. The number of fused-ring (bicyclic) bond motifs is 2. The van der Waals surface area contributed by atoms with Crippen molar-refractivity contribution in [2.75, 3.05) is 18.0 Å². The van der Waals surface area contributed by atoms with Crippen molar-refractivity contribution in [3.05, 3.63) is 125 Å². The van der Waals surface area contributed by atoms with Crippen LogP contribution >= 0.6 is 0 Å². The molecular weight excluding hydrogens is 649 g/mol. The summed E-state index contributed by atoms with van der Waals surface area (Å²) in [4.78, 5) is 14.2. The van der Waals surface area contributed by atoms with E-state index in [-0.39, 0.29) is 10.8 Å². The summed E-state index contributed by atoms with van der Waals surface area (Å²) in [5.41, 5.74) is 10.1. The van der Waals surface area contributed by atoms with E-state index in [0.29, 0.717) is 11.6 Å². The van der Waals surface area contributed by atoms with Crippen LogP contribution < -0.4 is 9.64 Å². The maximum atomic E-state index is 11.5. The number of hydrogen-bond acceptors (Lipinski definition) is 3. The summed E-state index contributed by atoms with van der Waals surface area (Å²) in [7, 11) is 0. The van der Waals surface area contributed by atoms with Gasteiger partial charge >= 0.3 is 0 Å². The third-order valence-corrected chi connectivity index (χ3v) is 12.1. The molecule has 0 spiro atoms. The average Bonchev–Trinajstić information content (AvgIpc) is 3.52. The Bertz CT molecular complexity index is 1850. The minimum atomic E-state index is -0.0962. The molecule has 3 aliphatic rings. The maximum absolute atomic E-state index is 11.5. The number of ether oxygens (including phenoxy) is 1. The van der Waals surface area contributed by atoms with E-state index < -0.39 is 0 Å². The summed E-state index contributed by atoms with van der Waals surface area (Å²) < 4.78 is 9.46. The minimum Gasteiger partial charge on any atom is -0.457 e. The molecular formula is C49H63N2O2+.